The fraction of sp³-hybridized carbons (Fsp3) is 0.227. The van der Waals surface area contributed by atoms with Gasteiger partial charge in [0, 0.05) is 13.2 Å². The number of hydrogen-bond donors (Lipinski definition) is 2. The molecule has 3 aromatic rings. The zero-order valence-corrected chi connectivity index (χ0v) is 19.5. The number of hydrogen-bond acceptors (Lipinski definition) is 6. The standard InChI is InChI=1S/C22H25N5O5S/c1-15-5-8-17(9-6-15)33(30,31)26(3)14-21(28)23-24-22(29)18-11-12-27(25-18)19-13-16(2)7-10-20(19)32-4/h5-13H,14H2,1-4H3,(H,23,28)(H,24,29). The van der Waals surface area contributed by atoms with Crippen LogP contribution in [0.5, 0.6) is 5.75 Å². The number of methoxy groups -OCH3 is 1. The van der Waals surface area contributed by atoms with Gasteiger partial charge in [-0.25, -0.2) is 13.1 Å². The highest BCUT2D eigenvalue weighted by molar-refractivity contribution is 7.89. The van der Waals surface area contributed by atoms with E-state index in [0.717, 1.165) is 15.4 Å². The molecule has 2 aromatic carbocycles. The van der Waals surface area contributed by atoms with E-state index in [1.54, 1.807) is 24.4 Å². The minimum atomic E-state index is -3.85. The predicted octanol–water partition coefficient (Wildman–Crippen LogP) is 1.58. The molecule has 33 heavy (non-hydrogen) atoms. The van der Waals surface area contributed by atoms with E-state index in [1.165, 1.54) is 37.0 Å². The van der Waals surface area contributed by atoms with E-state index in [9.17, 15) is 18.0 Å². The van der Waals surface area contributed by atoms with Gasteiger partial charge in [-0.3, -0.25) is 20.4 Å². The average molecular weight is 472 g/mol. The highest BCUT2D eigenvalue weighted by atomic mass is 32.2. The zero-order chi connectivity index (χ0) is 24.2. The fourth-order valence-electron chi connectivity index (χ4n) is 2.97. The van der Waals surface area contributed by atoms with Crippen LogP contribution in [0, 0.1) is 13.8 Å². The largest absolute Gasteiger partial charge is 0.494 e. The number of nitrogens with zero attached hydrogens (tertiary/aromatic N) is 3. The number of hydrazine groups is 1. The summed E-state index contributed by atoms with van der Waals surface area (Å²) in [6, 6.07) is 13.3. The Labute approximate surface area is 192 Å². The second kappa shape index (κ2) is 9.84. The summed E-state index contributed by atoms with van der Waals surface area (Å²) in [5.41, 5.74) is 7.07. The van der Waals surface area contributed by atoms with Crippen molar-refractivity contribution in [2.24, 2.45) is 0 Å². The van der Waals surface area contributed by atoms with E-state index in [2.05, 4.69) is 16.0 Å². The molecule has 0 saturated carbocycles. The Balaban J connectivity index is 1.60. The molecule has 11 heteroatoms. The molecule has 0 spiro atoms. The van der Waals surface area contributed by atoms with Crippen molar-refractivity contribution >= 4 is 21.8 Å². The molecule has 0 aliphatic heterocycles. The Hall–Kier alpha value is -3.70. The first-order valence-electron chi connectivity index (χ1n) is 9.94. The number of amides is 2. The van der Waals surface area contributed by atoms with Crippen LogP contribution in [-0.4, -0.2) is 55.0 Å². The summed E-state index contributed by atoms with van der Waals surface area (Å²) >= 11 is 0. The number of aromatic nitrogens is 2. The van der Waals surface area contributed by atoms with Gasteiger partial charge in [-0.05, 0) is 49.7 Å². The molecule has 0 atom stereocenters. The number of sulfonamides is 1. The van der Waals surface area contributed by atoms with Gasteiger partial charge in [-0.15, -0.1) is 0 Å². The summed E-state index contributed by atoms with van der Waals surface area (Å²) in [6.45, 7) is 3.29. The SMILES string of the molecule is COc1ccc(C)cc1-n1ccc(C(=O)NNC(=O)CN(C)S(=O)(=O)c2ccc(C)cc2)n1. The molecule has 0 bridgehead atoms. The second-order valence-electron chi connectivity index (χ2n) is 7.40. The molecule has 0 radical (unpaired) electrons. The van der Waals surface area contributed by atoms with Crippen molar-refractivity contribution in [2.45, 2.75) is 18.7 Å². The maximum atomic E-state index is 12.6. The van der Waals surface area contributed by atoms with E-state index < -0.39 is 28.4 Å². The first kappa shape index (κ1) is 24.0. The molecule has 2 N–H and O–H groups in total. The van der Waals surface area contributed by atoms with Crippen LogP contribution in [0.15, 0.2) is 59.6 Å². The lowest BCUT2D eigenvalue weighted by molar-refractivity contribution is -0.121. The summed E-state index contributed by atoms with van der Waals surface area (Å²) in [6.07, 6.45) is 1.59. The lowest BCUT2D eigenvalue weighted by Crippen LogP contribution is -2.46. The van der Waals surface area contributed by atoms with Gasteiger partial charge in [0.05, 0.1) is 18.6 Å². The summed E-state index contributed by atoms with van der Waals surface area (Å²) in [5, 5.41) is 4.22. The van der Waals surface area contributed by atoms with Crippen molar-refractivity contribution in [3.05, 3.63) is 71.5 Å². The third-order valence-corrected chi connectivity index (χ3v) is 6.63. The average Bonchev–Trinajstić information content (AvgIpc) is 3.28. The molecule has 1 heterocycles. The molecule has 0 fully saturated rings. The van der Waals surface area contributed by atoms with Crippen LogP contribution in [0.2, 0.25) is 0 Å². The van der Waals surface area contributed by atoms with E-state index in [4.69, 9.17) is 4.74 Å². The van der Waals surface area contributed by atoms with E-state index >= 15 is 0 Å². The fourth-order valence-corrected chi connectivity index (χ4v) is 4.09. The third-order valence-electron chi connectivity index (χ3n) is 4.81. The Kier molecular flexibility index (Phi) is 7.14. The van der Waals surface area contributed by atoms with Gasteiger partial charge in [0.25, 0.3) is 11.8 Å². The maximum absolute atomic E-state index is 12.6. The maximum Gasteiger partial charge on any atom is 0.290 e. The van der Waals surface area contributed by atoms with Crippen molar-refractivity contribution in [2.75, 3.05) is 20.7 Å². The number of carbonyl (C=O) groups is 2. The number of rotatable bonds is 7. The normalized spacial score (nSPS) is 11.3. The van der Waals surface area contributed by atoms with Crippen molar-refractivity contribution in [1.82, 2.24) is 24.9 Å². The van der Waals surface area contributed by atoms with Crippen LogP contribution in [-0.2, 0) is 14.8 Å². The Morgan fingerprint density at radius 3 is 2.36 bits per heavy atom. The molecule has 0 aliphatic carbocycles. The van der Waals surface area contributed by atoms with Crippen LogP contribution in [0.4, 0.5) is 0 Å². The van der Waals surface area contributed by atoms with Crippen molar-refractivity contribution in [3.63, 3.8) is 0 Å². The number of aryl methyl sites for hydroxylation is 2. The molecule has 2 amide bonds. The molecular formula is C22H25N5O5S. The highest BCUT2D eigenvalue weighted by Crippen LogP contribution is 2.23. The second-order valence-corrected chi connectivity index (χ2v) is 9.44. The van der Waals surface area contributed by atoms with Crippen molar-refractivity contribution in [3.8, 4) is 11.4 Å². The molecular weight excluding hydrogens is 446 g/mol. The molecule has 1 aromatic heterocycles. The topological polar surface area (TPSA) is 123 Å². The molecule has 0 aliphatic rings. The number of carbonyl (C=O) groups excluding carboxylic acids is 2. The van der Waals surface area contributed by atoms with Crippen LogP contribution < -0.4 is 15.6 Å². The third kappa shape index (κ3) is 5.57. The van der Waals surface area contributed by atoms with Crippen LogP contribution in [0.3, 0.4) is 0 Å². The molecule has 174 valence electrons. The number of nitrogens with one attached hydrogen (secondary N) is 2. The van der Waals surface area contributed by atoms with E-state index in [0.29, 0.717) is 11.4 Å². The number of benzene rings is 2. The summed E-state index contributed by atoms with van der Waals surface area (Å²) in [5.74, 6) is -0.777. The van der Waals surface area contributed by atoms with Gasteiger partial charge in [-0.1, -0.05) is 23.8 Å². The summed E-state index contributed by atoms with van der Waals surface area (Å²) < 4.78 is 32.9. The quantitative estimate of drug-likeness (QED) is 0.505. The Morgan fingerprint density at radius 2 is 1.70 bits per heavy atom. The van der Waals surface area contributed by atoms with Crippen LogP contribution >= 0.6 is 0 Å². The molecule has 3 rings (SSSR count). The first-order chi connectivity index (χ1) is 15.6. The van der Waals surface area contributed by atoms with Crippen LogP contribution in [0.1, 0.15) is 21.6 Å². The van der Waals surface area contributed by atoms with Gasteiger partial charge in [0.15, 0.2) is 5.69 Å². The van der Waals surface area contributed by atoms with Gasteiger partial charge in [0.1, 0.15) is 11.4 Å². The minimum Gasteiger partial charge on any atom is -0.494 e. The van der Waals surface area contributed by atoms with Crippen LogP contribution in [0.25, 0.3) is 5.69 Å². The van der Waals surface area contributed by atoms with Crippen molar-refractivity contribution < 1.29 is 22.7 Å². The van der Waals surface area contributed by atoms with Gasteiger partial charge in [-0.2, -0.15) is 9.40 Å². The number of ether oxygens (including phenoxy) is 1. The van der Waals surface area contributed by atoms with E-state index in [1.807, 2.05) is 26.0 Å². The Bertz CT molecular complexity index is 1270. The Morgan fingerprint density at radius 1 is 1.03 bits per heavy atom. The lowest BCUT2D eigenvalue weighted by Gasteiger charge is -2.17. The monoisotopic (exact) mass is 471 g/mol. The summed E-state index contributed by atoms with van der Waals surface area (Å²) in [7, 11) is -1.02. The summed E-state index contributed by atoms with van der Waals surface area (Å²) in [4.78, 5) is 24.7. The van der Waals surface area contributed by atoms with Gasteiger partial charge >= 0.3 is 0 Å². The molecule has 0 unspecified atom stereocenters. The zero-order valence-electron chi connectivity index (χ0n) is 18.7. The highest BCUT2D eigenvalue weighted by Gasteiger charge is 2.23. The number of likely N-dealkylation sites (N-methyl/N-ethyl adjacent to an activating group) is 1. The minimum absolute atomic E-state index is 0.0551. The van der Waals surface area contributed by atoms with E-state index in [-0.39, 0.29) is 10.6 Å². The molecule has 10 nitrogen and oxygen atoms in total. The molecule has 0 saturated heterocycles. The predicted molar refractivity (Wildman–Crippen MR) is 121 cm³/mol. The lowest BCUT2D eigenvalue weighted by atomic mass is 10.2. The smallest absolute Gasteiger partial charge is 0.290 e. The van der Waals surface area contributed by atoms with Gasteiger partial charge < -0.3 is 4.74 Å². The van der Waals surface area contributed by atoms with Crippen molar-refractivity contribution in [1.29, 1.82) is 0 Å². The van der Waals surface area contributed by atoms with Gasteiger partial charge in [0.2, 0.25) is 10.0 Å². The first-order valence-corrected chi connectivity index (χ1v) is 11.4.